The molecule has 0 unspecified atom stereocenters. The summed E-state index contributed by atoms with van der Waals surface area (Å²) in [6.07, 6.45) is 7.43. The zero-order valence-electron chi connectivity index (χ0n) is 9.20. The minimum atomic E-state index is 0.812. The van der Waals surface area contributed by atoms with Crippen LogP contribution in [0.1, 0.15) is 17.7 Å². The molecule has 2 rings (SSSR count). The Labute approximate surface area is 90.8 Å². The molecule has 3 nitrogen and oxygen atoms in total. The van der Waals surface area contributed by atoms with Gasteiger partial charge in [0.2, 0.25) is 0 Å². The molecule has 0 aromatic carbocycles. The zero-order chi connectivity index (χ0) is 10.5. The predicted molar refractivity (Wildman–Crippen MR) is 60.5 cm³/mol. The summed E-state index contributed by atoms with van der Waals surface area (Å²) in [5.41, 5.74) is 1.31. The lowest BCUT2D eigenvalue weighted by molar-refractivity contribution is 0.287. The van der Waals surface area contributed by atoms with E-state index in [4.69, 9.17) is 4.42 Å². The van der Waals surface area contributed by atoms with Crippen LogP contribution in [0.25, 0.3) is 0 Å². The van der Waals surface area contributed by atoms with Gasteiger partial charge in [0.05, 0.1) is 12.8 Å². The van der Waals surface area contributed by atoms with Crippen LogP contribution in [-0.4, -0.2) is 25.0 Å². The van der Waals surface area contributed by atoms with E-state index in [-0.39, 0.29) is 0 Å². The molecule has 1 N–H and O–H groups in total. The molecule has 0 aliphatic carbocycles. The van der Waals surface area contributed by atoms with Crippen molar-refractivity contribution in [3.63, 3.8) is 0 Å². The van der Waals surface area contributed by atoms with Crippen molar-refractivity contribution in [2.75, 3.05) is 20.1 Å². The van der Waals surface area contributed by atoms with Gasteiger partial charge in [0.1, 0.15) is 5.76 Å². The molecule has 3 heteroatoms. The van der Waals surface area contributed by atoms with Crippen molar-refractivity contribution in [2.45, 2.75) is 19.5 Å². The normalized spacial score (nSPS) is 17.1. The molecule has 1 aliphatic rings. The molecular weight excluding hydrogens is 188 g/mol. The van der Waals surface area contributed by atoms with Crippen LogP contribution in [-0.2, 0) is 13.1 Å². The fourth-order valence-electron chi connectivity index (χ4n) is 1.90. The van der Waals surface area contributed by atoms with E-state index in [9.17, 15) is 0 Å². The molecule has 0 atom stereocenters. The highest BCUT2D eigenvalue weighted by Gasteiger charge is 2.11. The van der Waals surface area contributed by atoms with Crippen LogP contribution in [0.4, 0.5) is 0 Å². The molecular formula is C12H18N2O. The molecule has 2 heterocycles. The van der Waals surface area contributed by atoms with Crippen LogP contribution in [0.5, 0.6) is 0 Å². The van der Waals surface area contributed by atoms with Crippen LogP contribution in [0.3, 0.4) is 0 Å². The van der Waals surface area contributed by atoms with Gasteiger partial charge in [-0.3, -0.25) is 4.90 Å². The molecule has 0 saturated heterocycles. The number of nitrogens with one attached hydrogen (secondary N) is 1. The minimum Gasteiger partial charge on any atom is -0.468 e. The predicted octanol–water partition coefficient (Wildman–Crippen LogP) is 1.76. The molecule has 1 aromatic rings. The SMILES string of the molecule is CNCc1occc1CN1CC=CCC1. The third-order valence-corrected chi connectivity index (χ3v) is 2.71. The molecule has 1 aromatic heterocycles. The average molecular weight is 206 g/mol. The topological polar surface area (TPSA) is 28.4 Å². The Balaban J connectivity index is 1.97. The van der Waals surface area contributed by atoms with E-state index in [1.807, 2.05) is 7.05 Å². The van der Waals surface area contributed by atoms with Crippen molar-refractivity contribution in [1.29, 1.82) is 0 Å². The second kappa shape index (κ2) is 5.14. The summed E-state index contributed by atoms with van der Waals surface area (Å²) < 4.78 is 5.44. The molecule has 15 heavy (non-hydrogen) atoms. The second-order valence-corrected chi connectivity index (χ2v) is 3.89. The molecule has 0 saturated carbocycles. The van der Waals surface area contributed by atoms with Crippen molar-refractivity contribution in [1.82, 2.24) is 10.2 Å². The maximum absolute atomic E-state index is 5.44. The Morgan fingerprint density at radius 1 is 1.47 bits per heavy atom. The monoisotopic (exact) mass is 206 g/mol. The van der Waals surface area contributed by atoms with Crippen LogP contribution in [0.15, 0.2) is 28.9 Å². The molecule has 1 aliphatic heterocycles. The Morgan fingerprint density at radius 2 is 2.40 bits per heavy atom. The maximum atomic E-state index is 5.44. The van der Waals surface area contributed by atoms with Gasteiger partial charge in [0.15, 0.2) is 0 Å². The van der Waals surface area contributed by atoms with E-state index < -0.39 is 0 Å². The number of hydrogen-bond donors (Lipinski definition) is 1. The second-order valence-electron chi connectivity index (χ2n) is 3.89. The average Bonchev–Trinajstić information content (AvgIpc) is 2.68. The van der Waals surface area contributed by atoms with E-state index in [1.54, 1.807) is 6.26 Å². The van der Waals surface area contributed by atoms with E-state index >= 15 is 0 Å². The molecule has 0 amide bonds. The first kappa shape index (κ1) is 10.5. The van der Waals surface area contributed by atoms with Gasteiger partial charge in [0, 0.05) is 25.2 Å². The van der Waals surface area contributed by atoms with Crippen molar-refractivity contribution in [3.8, 4) is 0 Å². The fraction of sp³-hybridized carbons (Fsp3) is 0.500. The zero-order valence-corrected chi connectivity index (χ0v) is 9.20. The molecule has 0 fully saturated rings. The summed E-state index contributed by atoms with van der Waals surface area (Å²) in [5, 5.41) is 3.12. The Bertz CT molecular complexity index is 330. The molecule has 82 valence electrons. The summed E-state index contributed by atoms with van der Waals surface area (Å²) in [6, 6.07) is 2.07. The van der Waals surface area contributed by atoms with Gasteiger partial charge in [-0.05, 0) is 19.5 Å². The van der Waals surface area contributed by atoms with Crippen LogP contribution < -0.4 is 5.32 Å². The van der Waals surface area contributed by atoms with E-state index in [0.29, 0.717) is 0 Å². The smallest absolute Gasteiger partial charge is 0.122 e. The van der Waals surface area contributed by atoms with Crippen molar-refractivity contribution in [3.05, 3.63) is 35.8 Å². The standard InChI is InChI=1S/C12H18N2O/c1-13-9-12-11(5-8-15-12)10-14-6-3-2-4-7-14/h2-3,5,8,13H,4,6-7,9-10H2,1H3. The van der Waals surface area contributed by atoms with Gasteiger partial charge < -0.3 is 9.73 Å². The van der Waals surface area contributed by atoms with E-state index in [0.717, 1.165) is 31.9 Å². The van der Waals surface area contributed by atoms with Gasteiger partial charge in [0.25, 0.3) is 0 Å². The van der Waals surface area contributed by atoms with Gasteiger partial charge in [-0.25, -0.2) is 0 Å². The van der Waals surface area contributed by atoms with Crippen LogP contribution in [0, 0.1) is 0 Å². The first-order valence-electron chi connectivity index (χ1n) is 5.47. The summed E-state index contributed by atoms with van der Waals surface area (Å²) >= 11 is 0. The highest BCUT2D eigenvalue weighted by atomic mass is 16.3. The summed E-state index contributed by atoms with van der Waals surface area (Å²) in [7, 11) is 1.94. The highest BCUT2D eigenvalue weighted by Crippen LogP contribution is 2.14. The first-order chi connectivity index (χ1) is 7.40. The van der Waals surface area contributed by atoms with Gasteiger partial charge in [-0.2, -0.15) is 0 Å². The minimum absolute atomic E-state index is 0.812. The lowest BCUT2D eigenvalue weighted by atomic mass is 10.2. The molecule has 0 radical (unpaired) electrons. The van der Waals surface area contributed by atoms with Crippen molar-refractivity contribution >= 4 is 0 Å². The Kier molecular flexibility index (Phi) is 3.59. The number of hydrogen-bond acceptors (Lipinski definition) is 3. The molecule has 0 bridgehead atoms. The van der Waals surface area contributed by atoms with Gasteiger partial charge >= 0.3 is 0 Å². The summed E-state index contributed by atoms with van der Waals surface area (Å²) in [5.74, 6) is 1.06. The summed E-state index contributed by atoms with van der Waals surface area (Å²) in [6.45, 7) is 4.02. The van der Waals surface area contributed by atoms with Crippen molar-refractivity contribution in [2.24, 2.45) is 0 Å². The Hall–Kier alpha value is -1.06. The maximum Gasteiger partial charge on any atom is 0.122 e. The van der Waals surface area contributed by atoms with Gasteiger partial charge in [-0.1, -0.05) is 12.2 Å². The summed E-state index contributed by atoms with van der Waals surface area (Å²) in [4.78, 5) is 2.43. The molecule has 0 spiro atoms. The fourth-order valence-corrected chi connectivity index (χ4v) is 1.90. The lowest BCUT2D eigenvalue weighted by Crippen LogP contribution is -2.27. The quantitative estimate of drug-likeness (QED) is 0.761. The number of nitrogens with zero attached hydrogens (tertiary/aromatic N) is 1. The first-order valence-corrected chi connectivity index (χ1v) is 5.47. The van der Waals surface area contributed by atoms with E-state index in [2.05, 4.69) is 28.4 Å². The third kappa shape index (κ3) is 2.70. The van der Waals surface area contributed by atoms with Crippen molar-refractivity contribution < 1.29 is 4.42 Å². The van der Waals surface area contributed by atoms with Gasteiger partial charge in [-0.15, -0.1) is 0 Å². The Morgan fingerprint density at radius 3 is 3.13 bits per heavy atom. The lowest BCUT2D eigenvalue weighted by Gasteiger charge is -2.22. The van der Waals surface area contributed by atoms with E-state index in [1.165, 1.54) is 12.0 Å². The third-order valence-electron chi connectivity index (χ3n) is 2.71. The number of rotatable bonds is 4. The largest absolute Gasteiger partial charge is 0.468 e. The van der Waals surface area contributed by atoms with Crippen LogP contribution >= 0.6 is 0 Å². The highest BCUT2D eigenvalue weighted by molar-refractivity contribution is 5.17. The number of furan rings is 1. The van der Waals surface area contributed by atoms with Crippen LogP contribution in [0.2, 0.25) is 0 Å².